The molecule has 0 spiro atoms. The molecule has 0 saturated heterocycles. The average Bonchev–Trinajstić information content (AvgIpc) is 2.85. The zero-order chi connectivity index (χ0) is 15.0. The molecule has 0 fully saturated rings. The van der Waals surface area contributed by atoms with Crippen LogP contribution in [-0.4, -0.2) is 22.8 Å². The molecule has 108 valence electrons. The lowest BCUT2D eigenvalue weighted by atomic mass is 10.1. The van der Waals surface area contributed by atoms with Crippen LogP contribution >= 0.6 is 22.9 Å². The van der Waals surface area contributed by atoms with E-state index in [1.807, 2.05) is 24.3 Å². The number of halogens is 1. The van der Waals surface area contributed by atoms with E-state index in [2.05, 4.69) is 5.32 Å². The number of carbonyl (C=O) groups excluding carboxylic acids is 2. The first-order valence-corrected chi connectivity index (χ1v) is 7.76. The number of fused-ring (bicyclic) bond motifs is 1. The van der Waals surface area contributed by atoms with E-state index in [-0.39, 0.29) is 11.8 Å². The SMILES string of the molecule is CC1C(=O)Nc2ccccc2CN1C(=O)c1sccc1Cl. The minimum atomic E-state index is -0.553. The van der Waals surface area contributed by atoms with E-state index in [0.29, 0.717) is 16.4 Å². The van der Waals surface area contributed by atoms with Crippen LogP contribution < -0.4 is 5.32 Å². The number of hydrogen-bond acceptors (Lipinski definition) is 3. The third-order valence-corrected chi connectivity index (χ3v) is 4.86. The number of nitrogens with one attached hydrogen (secondary N) is 1. The van der Waals surface area contributed by atoms with Gasteiger partial charge >= 0.3 is 0 Å². The topological polar surface area (TPSA) is 49.4 Å². The summed E-state index contributed by atoms with van der Waals surface area (Å²) in [6.07, 6.45) is 0. The number of nitrogens with zero attached hydrogens (tertiary/aromatic N) is 1. The second-order valence-electron chi connectivity index (χ2n) is 4.85. The molecule has 2 amide bonds. The molecule has 1 unspecified atom stereocenters. The van der Waals surface area contributed by atoms with Crippen LogP contribution in [0.5, 0.6) is 0 Å². The molecule has 0 saturated carbocycles. The quantitative estimate of drug-likeness (QED) is 0.875. The molecule has 1 atom stereocenters. The van der Waals surface area contributed by atoms with Gasteiger partial charge in [-0.3, -0.25) is 9.59 Å². The first kappa shape index (κ1) is 14.1. The second-order valence-corrected chi connectivity index (χ2v) is 6.18. The van der Waals surface area contributed by atoms with Gasteiger partial charge in [-0.15, -0.1) is 11.3 Å². The van der Waals surface area contributed by atoms with Crippen LogP contribution in [0.15, 0.2) is 35.7 Å². The highest BCUT2D eigenvalue weighted by Gasteiger charge is 2.31. The fourth-order valence-corrected chi connectivity index (χ4v) is 3.39. The number of para-hydroxylation sites is 1. The highest BCUT2D eigenvalue weighted by molar-refractivity contribution is 7.12. The van der Waals surface area contributed by atoms with Gasteiger partial charge in [0.05, 0.1) is 5.02 Å². The van der Waals surface area contributed by atoms with E-state index in [1.165, 1.54) is 11.3 Å². The van der Waals surface area contributed by atoms with Crippen molar-refractivity contribution in [1.29, 1.82) is 0 Å². The molecule has 1 N–H and O–H groups in total. The number of rotatable bonds is 1. The van der Waals surface area contributed by atoms with E-state index < -0.39 is 6.04 Å². The maximum Gasteiger partial charge on any atom is 0.266 e. The molecule has 21 heavy (non-hydrogen) atoms. The van der Waals surface area contributed by atoms with Crippen molar-refractivity contribution in [1.82, 2.24) is 4.90 Å². The summed E-state index contributed by atoms with van der Waals surface area (Å²) in [4.78, 5) is 26.9. The molecule has 1 aromatic heterocycles. The van der Waals surface area contributed by atoms with Gasteiger partial charge in [-0.2, -0.15) is 0 Å². The van der Waals surface area contributed by atoms with Crippen molar-refractivity contribution in [3.63, 3.8) is 0 Å². The molecule has 0 aliphatic carbocycles. The predicted octanol–water partition coefficient (Wildman–Crippen LogP) is 3.38. The summed E-state index contributed by atoms with van der Waals surface area (Å²) in [6.45, 7) is 2.10. The standard InChI is InChI=1S/C15H13ClN2O2S/c1-9-14(19)17-12-5-3-2-4-10(12)8-18(9)15(20)13-11(16)6-7-21-13/h2-7,9H,8H2,1H3,(H,17,19). The van der Waals surface area contributed by atoms with Crippen molar-refractivity contribution in [3.8, 4) is 0 Å². The predicted molar refractivity (Wildman–Crippen MR) is 83.7 cm³/mol. The van der Waals surface area contributed by atoms with Gasteiger partial charge in [0.25, 0.3) is 5.91 Å². The monoisotopic (exact) mass is 320 g/mol. The van der Waals surface area contributed by atoms with E-state index in [1.54, 1.807) is 23.3 Å². The third kappa shape index (κ3) is 2.54. The summed E-state index contributed by atoms with van der Waals surface area (Å²) in [5.41, 5.74) is 1.66. The number of benzene rings is 1. The van der Waals surface area contributed by atoms with Crippen LogP contribution in [-0.2, 0) is 11.3 Å². The normalized spacial score (nSPS) is 17.9. The lowest BCUT2D eigenvalue weighted by Gasteiger charge is -2.25. The fourth-order valence-electron chi connectivity index (χ4n) is 2.30. The Kier molecular flexibility index (Phi) is 3.69. The van der Waals surface area contributed by atoms with Gasteiger partial charge in [0.15, 0.2) is 0 Å². The van der Waals surface area contributed by atoms with Crippen molar-refractivity contribution in [2.24, 2.45) is 0 Å². The largest absolute Gasteiger partial charge is 0.324 e. The molecule has 2 aromatic rings. The van der Waals surface area contributed by atoms with Crippen LogP contribution in [0, 0.1) is 0 Å². The Morgan fingerprint density at radius 1 is 1.38 bits per heavy atom. The zero-order valence-electron chi connectivity index (χ0n) is 11.3. The number of carbonyl (C=O) groups is 2. The van der Waals surface area contributed by atoms with Crippen molar-refractivity contribution in [3.05, 3.63) is 51.2 Å². The molecular formula is C15H13ClN2O2S. The Morgan fingerprint density at radius 2 is 2.14 bits per heavy atom. The van der Waals surface area contributed by atoms with E-state index in [4.69, 9.17) is 11.6 Å². The molecule has 3 rings (SSSR count). The van der Waals surface area contributed by atoms with Crippen molar-refractivity contribution < 1.29 is 9.59 Å². The lowest BCUT2D eigenvalue weighted by Crippen LogP contribution is -2.43. The number of anilines is 1. The Morgan fingerprint density at radius 3 is 2.86 bits per heavy atom. The molecule has 4 nitrogen and oxygen atoms in total. The molecule has 6 heteroatoms. The highest BCUT2D eigenvalue weighted by Crippen LogP contribution is 2.28. The Labute approximate surface area is 131 Å². The number of hydrogen-bond donors (Lipinski definition) is 1. The van der Waals surface area contributed by atoms with Gasteiger partial charge < -0.3 is 10.2 Å². The lowest BCUT2D eigenvalue weighted by molar-refractivity contribution is -0.119. The van der Waals surface area contributed by atoms with E-state index in [9.17, 15) is 9.59 Å². The molecule has 1 aliphatic heterocycles. The Balaban J connectivity index is 2.00. The molecule has 0 radical (unpaired) electrons. The Hall–Kier alpha value is -1.85. The maximum absolute atomic E-state index is 12.7. The maximum atomic E-state index is 12.7. The van der Waals surface area contributed by atoms with Crippen LogP contribution in [0.1, 0.15) is 22.2 Å². The summed E-state index contributed by atoms with van der Waals surface area (Å²) in [7, 11) is 0. The second kappa shape index (κ2) is 5.50. The third-order valence-electron chi connectivity index (χ3n) is 3.54. The Bertz CT molecular complexity index is 713. The summed E-state index contributed by atoms with van der Waals surface area (Å²) in [6, 6.07) is 8.63. The summed E-state index contributed by atoms with van der Waals surface area (Å²) >= 11 is 7.33. The van der Waals surface area contributed by atoms with Crippen molar-refractivity contribution in [2.75, 3.05) is 5.32 Å². The minimum absolute atomic E-state index is 0.194. The fraction of sp³-hybridized carbons (Fsp3) is 0.200. The van der Waals surface area contributed by atoms with Gasteiger partial charge in [0.2, 0.25) is 5.91 Å². The van der Waals surface area contributed by atoms with Crippen LogP contribution in [0.4, 0.5) is 5.69 Å². The highest BCUT2D eigenvalue weighted by atomic mass is 35.5. The van der Waals surface area contributed by atoms with Crippen LogP contribution in [0.25, 0.3) is 0 Å². The summed E-state index contributed by atoms with van der Waals surface area (Å²) in [5, 5.41) is 5.05. The first-order chi connectivity index (χ1) is 10.1. The molecule has 2 heterocycles. The zero-order valence-corrected chi connectivity index (χ0v) is 12.9. The van der Waals surface area contributed by atoms with Crippen LogP contribution in [0.3, 0.4) is 0 Å². The molecule has 1 aliphatic rings. The van der Waals surface area contributed by atoms with Gasteiger partial charge in [-0.05, 0) is 30.0 Å². The van der Waals surface area contributed by atoms with Crippen molar-refractivity contribution in [2.45, 2.75) is 19.5 Å². The first-order valence-electron chi connectivity index (χ1n) is 6.50. The minimum Gasteiger partial charge on any atom is -0.324 e. The van der Waals surface area contributed by atoms with Gasteiger partial charge in [-0.25, -0.2) is 0 Å². The summed E-state index contributed by atoms with van der Waals surface area (Å²) in [5.74, 6) is -0.407. The summed E-state index contributed by atoms with van der Waals surface area (Å²) < 4.78 is 0. The van der Waals surface area contributed by atoms with Gasteiger partial charge in [0.1, 0.15) is 10.9 Å². The van der Waals surface area contributed by atoms with Crippen LogP contribution in [0.2, 0.25) is 5.02 Å². The molecular weight excluding hydrogens is 308 g/mol. The number of thiophene rings is 1. The molecule has 1 aromatic carbocycles. The number of amides is 2. The van der Waals surface area contributed by atoms with Crippen molar-refractivity contribution >= 4 is 40.4 Å². The van der Waals surface area contributed by atoms with E-state index in [0.717, 1.165) is 11.3 Å². The smallest absolute Gasteiger partial charge is 0.266 e. The van der Waals surface area contributed by atoms with E-state index >= 15 is 0 Å². The van der Waals surface area contributed by atoms with Gasteiger partial charge in [0, 0.05) is 12.2 Å². The average molecular weight is 321 g/mol. The molecule has 0 bridgehead atoms. The van der Waals surface area contributed by atoms with Gasteiger partial charge in [-0.1, -0.05) is 29.8 Å².